The summed E-state index contributed by atoms with van der Waals surface area (Å²) in [5.41, 5.74) is 13.3. The first kappa shape index (κ1) is 20.7. The summed E-state index contributed by atoms with van der Waals surface area (Å²) in [4.78, 5) is 13.0. The monoisotopic (exact) mass is 449 g/mol. The molecule has 3 heterocycles. The lowest BCUT2D eigenvalue weighted by Gasteiger charge is -2.07. The second-order valence-corrected chi connectivity index (χ2v) is 8.24. The number of nitrogens with zero attached hydrogens (tertiary/aromatic N) is 4. The number of halogens is 1. The third kappa shape index (κ3) is 4.36. The van der Waals surface area contributed by atoms with E-state index in [1.807, 2.05) is 23.6 Å². The maximum absolute atomic E-state index is 12.1. The van der Waals surface area contributed by atoms with Gasteiger partial charge in [-0.05, 0) is 24.3 Å². The Morgan fingerprint density at radius 1 is 1.07 bits per heavy atom. The Hall–Kier alpha value is -3.02. The number of benzene rings is 1. The number of pyridine rings is 1. The van der Waals surface area contributed by atoms with Gasteiger partial charge in [-0.1, -0.05) is 18.2 Å². The molecule has 0 spiro atoms. The van der Waals surface area contributed by atoms with Gasteiger partial charge in [0.1, 0.15) is 16.4 Å². The largest absolute Gasteiger partial charge is 0.370 e. The average molecular weight is 450 g/mol. The van der Waals surface area contributed by atoms with Crippen molar-refractivity contribution >= 4 is 50.7 Å². The highest BCUT2D eigenvalue weighted by Gasteiger charge is 2.28. The standard InChI is InChI=1S/C17H15N7O2S2.ClH/c18-16(19)23-17-22-13(9-27-17)12-6-3-4-10(21-12)8-20-15-11-5-1-2-7-14(11)28(25,26)24-15;/h1-7,9H,8H2,(H,20,24)(H4,18,19,22,23);1H. The smallest absolute Gasteiger partial charge is 0.285 e. The number of amidine groups is 1. The summed E-state index contributed by atoms with van der Waals surface area (Å²) in [6.45, 7) is 0.307. The van der Waals surface area contributed by atoms with Crippen LogP contribution in [0.5, 0.6) is 0 Å². The molecule has 9 nitrogen and oxygen atoms in total. The van der Waals surface area contributed by atoms with Crippen molar-refractivity contribution in [2.24, 2.45) is 20.9 Å². The van der Waals surface area contributed by atoms with Gasteiger partial charge in [-0.15, -0.1) is 28.1 Å². The van der Waals surface area contributed by atoms with Crippen molar-refractivity contribution < 1.29 is 8.42 Å². The highest BCUT2D eigenvalue weighted by atomic mass is 35.5. The predicted molar refractivity (Wildman–Crippen MR) is 115 cm³/mol. The number of hydrogen-bond donors (Lipinski definition) is 3. The van der Waals surface area contributed by atoms with E-state index in [1.165, 1.54) is 17.4 Å². The molecule has 0 atom stereocenters. The molecule has 0 unspecified atom stereocenters. The maximum Gasteiger partial charge on any atom is 0.285 e. The highest BCUT2D eigenvalue weighted by Crippen LogP contribution is 2.26. The fourth-order valence-electron chi connectivity index (χ4n) is 2.67. The lowest BCUT2D eigenvalue weighted by atomic mass is 10.2. The van der Waals surface area contributed by atoms with Gasteiger partial charge >= 0.3 is 0 Å². The van der Waals surface area contributed by atoms with E-state index < -0.39 is 10.0 Å². The molecule has 29 heavy (non-hydrogen) atoms. The van der Waals surface area contributed by atoms with E-state index >= 15 is 0 Å². The van der Waals surface area contributed by atoms with Crippen LogP contribution in [0.2, 0.25) is 0 Å². The van der Waals surface area contributed by atoms with Crippen molar-refractivity contribution in [3.8, 4) is 11.4 Å². The molecule has 1 aromatic carbocycles. The van der Waals surface area contributed by atoms with Crippen LogP contribution in [0.15, 0.2) is 62.1 Å². The van der Waals surface area contributed by atoms with Crippen molar-refractivity contribution in [3.05, 3.63) is 59.1 Å². The molecular weight excluding hydrogens is 434 g/mol. The van der Waals surface area contributed by atoms with Gasteiger partial charge in [0.15, 0.2) is 5.96 Å². The number of sulfonamides is 1. The Bertz CT molecular complexity index is 1220. The van der Waals surface area contributed by atoms with Crippen LogP contribution in [0.3, 0.4) is 0 Å². The van der Waals surface area contributed by atoms with E-state index in [0.29, 0.717) is 40.2 Å². The Morgan fingerprint density at radius 3 is 2.66 bits per heavy atom. The number of nitrogens with one attached hydrogen (secondary N) is 1. The van der Waals surface area contributed by atoms with E-state index in [-0.39, 0.29) is 23.3 Å². The maximum atomic E-state index is 12.1. The minimum absolute atomic E-state index is 0. The predicted octanol–water partition coefficient (Wildman–Crippen LogP) is 1.77. The number of aliphatic imine (C=N–C) groups is 1. The first-order chi connectivity index (χ1) is 13.4. The van der Waals surface area contributed by atoms with Gasteiger partial charge in [-0.3, -0.25) is 0 Å². The minimum Gasteiger partial charge on any atom is -0.370 e. The van der Waals surface area contributed by atoms with Crippen LogP contribution in [0, 0.1) is 0 Å². The van der Waals surface area contributed by atoms with Crippen molar-refractivity contribution in [2.45, 2.75) is 11.4 Å². The zero-order chi connectivity index (χ0) is 19.7. The Labute approximate surface area is 177 Å². The first-order valence-corrected chi connectivity index (χ1v) is 10.4. The van der Waals surface area contributed by atoms with Crippen LogP contribution in [0.1, 0.15) is 11.3 Å². The van der Waals surface area contributed by atoms with Crippen LogP contribution >= 0.6 is 23.7 Å². The third-order valence-corrected chi connectivity index (χ3v) is 5.92. The zero-order valence-electron chi connectivity index (χ0n) is 14.8. The van der Waals surface area contributed by atoms with Gasteiger partial charge in [-0.25, -0.2) is 9.97 Å². The molecule has 1 aliphatic heterocycles. The van der Waals surface area contributed by atoms with Crippen molar-refractivity contribution in [1.82, 2.24) is 15.3 Å². The van der Waals surface area contributed by atoms with Gasteiger partial charge in [-0.2, -0.15) is 13.4 Å². The lowest BCUT2D eigenvalue weighted by molar-refractivity contribution is 0.599. The quantitative estimate of drug-likeness (QED) is 0.405. The summed E-state index contributed by atoms with van der Waals surface area (Å²) in [5, 5.41) is 5.31. The number of fused-ring (bicyclic) bond motifs is 1. The van der Waals surface area contributed by atoms with E-state index in [1.54, 1.807) is 18.2 Å². The van der Waals surface area contributed by atoms with Gasteiger partial charge in [0, 0.05) is 10.9 Å². The first-order valence-electron chi connectivity index (χ1n) is 8.12. The van der Waals surface area contributed by atoms with E-state index in [4.69, 9.17) is 11.5 Å². The molecule has 0 bridgehead atoms. The molecule has 0 aliphatic carbocycles. The summed E-state index contributed by atoms with van der Waals surface area (Å²) in [7, 11) is -3.65. The molecule has 2 aromatic heterocycles. The fraction of sp³-hybridized carbons (Fsp3) is 0.0588. The molecule has 150 valence electrons. The lowest BCUT2D eigenvalue weighted by Crippen LogP contribution is -2.23. The topological polar surface area (TPSA) is 149 Å². The molecule has 0 fully saturated rings. The van der Waals surface area contributed by atoms with Gasteiger partial charge in [0.25, 0.3) is 10.0 Å². The Morgan fingerprint density at radius 2 is 1.86 bits per heavy atom. The van der Waals surface area contributed by atoms with E-state index in [0.717, 1.165) is 0 Å². The summed E-state index contributed by atoms with van der Waals surface area (Å²) in [6, 6.07) is 12.2. The second-order valence-electron chi connectivity index (χ2n) is 5.83. The molecular formula is C17H16ClN7O2S2. The molecule has 4 rings (SSSR count). The SMILES string of the molecule is Cl.NC(N)=Nc1nc(-c2cccc(CNC3=NS(=O)(=O)c4ccccc43)n2)cs1. The van der Waals surface area contributed by atoms with Crippen LogP contribution in [-0.2, 0) is 16.6 Å². The summed E-state index contributed by atoms with van der Waals surface area (Å²) >= 11 is 1.30. The van der Waals surface area contributed by atoms with Crippen molar-refractivity contribution in [1.29, 1.82) is 0 Å². The number of hydrogen-bond acceptors (Lipinski definition) is 7. The number of thiazole rings is 1. The number of nitrogens with two attached hydrogens (primary N) is 2. The molecule has 0 saturated carbocycles. The number of aromatic nitrogens is 2. The van der Waals surface area contributed by atoms with Gasteiger partial charge in [0.05, 0.1) is 17.9 Å². The molecule has 5 N–H and O–H groups in total. The van der Waals surface area contributed by atoms with Crippen LogP contribution in [-0.4, -0.2) is 30.2 Å². The second kappa shape index (κ2) is 8.15. The molecule has 3 aromatic rings. The molecule has 0 amide bonds. The highest BCUT2D eigenvalue weighted by molar-refractivity contribution is 7.90. The van der Waals surface area contributed by atoms with Crippen molar-refractivity contribution in [3.63, 3.8) is 0 Å². The Kier molecular flexibility index (Phi) is 5.82. The molecule has 12 heteroatoms. The molecule has 0 radical (unpaired) electrons. The minimum atomic E-state index is -3.65. The van der Waals surface area contributed by atoms with Gasteiger partial charge < -0.3 is 16.8 Å². The van der Waals surface area contributed by atoms with Gasteiger partial charge in [0.2, 0.25) is 5.13 Å². The van der Waals surface area contributed by atoms with Crippen LogP contribution in [0.4, 0.5) is 5.13 Å². The normalized spacial score (nSPS) is 13.7. The molecule has 0 saturated heterocycles. The number of guanidine groups is 1. The van der Waals surface area contributed by atoms with E-state index in [9.17, 15) is 8.42 Å². The third-order valence-electron chi connectivity index (χ3n) is 3.85. The van der Waals surface area contributed by atoms with Crippen molar-refractivity contribution in [2.75, 3.05) is 0 Å². The fourth-order valence-corrected chi connectivity index (χ4v) is 4.57. The average Bonchev–Trinajstić information content (AvgIpc) is 3.23. The zero-order valence-corrected chi connectivity index (χ0v) is 17.3. The number of rotatable bonds is 4. The van der Waals surface area contributed by atoms with E-state index in [2.05, 4.69) is 24.7 Å². The summed E-state index contributed by atoms with van der Waals surface area (Å²) in [5.74, 6) is 0.255. The summed E-state index contributed by atoms with van der Waals surface area (Å²) in [6.07, 6.45) is 0. The molecule has 1 aliphatic rings. The van der Waals surface area contributed by atoms with Crippen LogP contribution in [0.25, 0.3) is 11.4 Å². The summed E-state index contributed by atoms with van der Waals surface area (Å²) < 4.78 is 28.0. The van der Waals surface area contributed by atoms with Crippen LogP contribution < -0.4 is 16.8 Å². The Balaban J connectivity index is 0.00000240.